The van der Waals surface area contributed by atoms with Gasteiger partial charge in [0.2, 0.25) is 10.0 Å². The summed E-state index contributed by atoms with van der Waals surface area (Å²) >= 11 is 3.31. The predicted molar refractivity (Wildman–Crippen MR) is 86.6 cm³/mol. The lowest BCUT2D eigenvalue weighted by Crippen LogP contribution is -2.53. The van der Waals surface area contributed by atoms with Gasteiger partial charge in [-0.2, -0.15) is 0 Å². The summed E-state index contributed by atoms with van der Waals surface area (Å²) in [6.45, 7) is 4.10. The molecule has 1 unspecified atom stereocenters. The lowest BCUT2D eigenvalue weighted by Gasteiger charge is -2.29. The molecule has 20 heavy (non-hydrogen) atoms. The highest BCUT2D eigenvalue weighted by Crippen LogP contribution is 2.40. The second-order valence-corrected chi connectivity index (χ2v) is 7.94. The highest BCUT2D eigenvalue weighted by Gasteiger charge is 2.43. The van der Waals surface area contributed by atoms with Gasteiger partial charge in [-0.3, -0.25) is 0 Å². The Labute approximate surface area is 135 Å². The summed E-state index contributed by atoms with van der Waals surface area (Å²) in [6.07, 6.45) is 2.07. The molecule has 1 aromatic carbocycles. The quantitative estimate of drug-likeness (QED) is 0.821. The van der Waals surface area contributed by atoms with Gasteiger partial charge in [0, 0.05) is 16.6 Å². The first kappa shape index (κ1) is 17.9. The van der Waals surface area contributed by atoms with Crippen molar-refractivity contribution in [2.75, 3.05) is 6.54 Å². The van der Waals surface area contributed by atoms with Crippen LogP contribution >= 0.6 is 28.3 Å². The van der Waals surface area contributed by atoms with E-state index >= 15 is 0 Å². The minimum absolute atomic E-state index is 0. The van der Waals surface area contributed by atoms with E-state index in [4.69, 9.17) is 5.73 Å². The minimum atomic E-state index is -3.56. The van der Waals surface area contributed by atoms with Crippen molar-refractivity contribution in [1.82, 2.24) is 4.72 Å². The minimum Gasteiger partial charge on any atom is -0.329 e. The van der Waals surface area contributed by atoms with Gasteiger partial charge in [-0.1, -0.05) is 6.07 Å². The Morgan fingerprint density at radius 2 is 2.05 bits per heavy atom. The van der Waals surface area contributed by atoms with Crippen molar-refractivity contribution in [3.63, 3.8) is 0 Å². The summed E-state index contributed by atoms with van der Waals surface area (Å²) in [5, 5.41) is 0. The van der Waals surface area contributed by atoms with Gasteiger partial charge in [-0.15, -0.1) is 12.4 Å². The predicted octanol–water partition coefficient (Wildman–Crippen LogP) is 2.59. The molecule has 0 spiro atoms. The highest BCUT2D eigenvalue weighted by atomic mass is 79.9. The van der Waals surface area contributed by atoms with E-state index in [-0.39, 0.29) is 17.3 Å². The van der Waals surface area contributed by atoms with E-state index in [0.29, 0.717) is 16.9 Å². The van der Waals surface area contributed by atoms with Crippen LogP contribution in [-0.2, 0) is 10.0 Å². The monoisotopic (exact) mass is 382 g/mol. The number of nitrogens with two attached hydrogens (primary N) is 1. The van der Waals surface area contributed by atoms with E-state index in [2.05, 4.69) is 20.7 Å². The first-order valence-corrected chi connectivity index (χ1v) is 8.56. The third-order valence-corrected chi connectivity index (χ3v) is 6.24. The van der Waals surface area contributed by atoms with Crippen molar-refractivity contribution in [3.05, 3.63) is 28.2 Å². The number of aryl methyl sites for hydroxylation is 1. The highest BCUT2D eigenvalue weighted by molar-refractivity contribution is 9.10. The molecule has 0 aliphatic heterocycles. The van der Waals surface area contributed by atoms with E-state index in [1.54, 1.807) is 18.2 Å². The van der Waals surface area contributed by atoms with Crippen LogP contribution < -0.4 is 10.5 Å². The van der Waals surface area contributed by atoms with Crippen molar-refractivity contribution >= 4 is 38.4 Å². The van der Waals surface area contributed by atoms with E-state index in [1.807, 2.05) is 13.8 Å². The molecule has 1 saturated carbocycles. The molecule has 7 heteroatoms. The smallest absolute Gasteiger partial charge is 0.242 e. The summed E-state index contributed by atoms with van der Waals surface area (Å²) in [6, 6.07) is 5.20. The van der Waals surface area contributed by atoms with E-state index in [1.165, 1.54) is 0 Å². The van der Waals surface area contributed by atoms with Crippen LogP contribution in [0.25, 0.3) is 0 Å². The normalized spacial score (nSPS) is 18.2. The van der Waals surface area contributed by atoms with Crippen LogP contribution in [-0.4, -0.2) is 20.5 Å². The van der Waals surface area contributed by atoms with Gasteiger partial charge in [0.05, 0.1) is 4.90 Å². The fourth-order valence-corrected chi connectivity index (χ4v) is 4.87. The third-order valence-electron chi connectivity index (χ3n) is 3.65. The molecule has 0 saturated heterocycles. The third kappa shape index (κ3) is 3.74. The molecule has 1 aliphatic rings. The lowest BCUT2D eigenvalue weighted by atomic mass is 9.98. The van der Waals surface area contributed by atoms with Crippen molar-refractivity contribution in [2.24, 2.45) is 11.7 Å². The van der Waals surface area contributed by atoms with Gasteiger partial charge in [0.1, 0.15) is 0 Å². The standard InChI is InChI=1S/C13H19BrN2O2S.ClH/c1-9-3-6-12(11(14)7-9)19(17,18)16-13(2,8-15)10-4-5-10;/h3,6-7,10,16H,4-5,8,15H2,1-2H3;1H. The van der Waals surface area contributed by atoms with Gasteiger partial charge in [-0.05, 0) is 66.2 Å². The van der Waals surface area contributed by atoms with Gasteiger partial charge in [0.25, 0.3) is 0 Å². The molecule has 1 aliphatic carbocycles. The number of sulfonamides is 1. The Bertz CT molecular complexity index is 590. The fourth-order valence-electron chi connectivity index (χ4n) is 2.20. The fraction of sp³-hybridized carbons (Fsp3) is 0.538. The summed E-state index contributed by atoms with van der Waals surface area (Å²) in [7, 11) is -3.56. The lowest BCUT2D eigenvalue weighted by molar-refractivity contribution is 0.374. The summed E-state index contributed by atoms with van der Waals surface area (Å²) in [5.74, 6) is 0.344. The van der Waals surface area contributed by atoms with Crippen molar-refractivity contribution < 1.29 is 8.42 Å². The maximum atomic E-state index is 12.5. The van der Waals surface area contributed by atoms with Crippen molar-refractivity contribution in [2.45, 2.75) is 37.1 Å². The molecule has 0 bridgehead atoms. The summed E-state index contributed by atoms with van der Waals surface area (Å²) in [4.78, 5) is 0.262. The van der Waals surface area contributed by atoms with E-state index in [9.17, 15) is 8.42 Å². The SMILES string of the molecule is Cc1ccc(S(=O)(=O)NC(C)(CN)C2CC2)c(Br)c1.Cl. The van der Waals surface area contributed by atoms with Crippen LogP contribution in [0.4, 0.5) is 0 Å². The van der Waals surface area contributed by atoms with Gasteiger partial charge in [-0.25, -0.2) is 13.1 Å². The Balaban J connectivity index is 0.00000200. The zero-order valence-corrected chi connectivity index (χ0v) is 14.7. The average molecular weight is 384 g/mol. The first-order chi connectivity index (χ1) is 8.78. The molecular formula is C13H20BrClN2O2S. The average Bonchev–Trinajstić information content (AvgIpc) is 3.11. The topological polar surface area (TPSA) is 72.2 Å². The molecule has 0 heterocycles. The molecule has 1 atom stereocenters. The Morgan fingerprint density at radius 1 is 1.45 bits per heavy atom. The maximum Gasteiger partial charge on any atom is 0.242 e. The number of halogens is 2. The Kier molecular flexibility index (Phi) is 5.66. The van der Waals surface area contributed by atoms with Crippen LogP contribution in [0.2, 0.25) is 0 Å². The molecule has 1 fully saturated rings. The second kappa shape index (κ2) is 6.32. The van der Waals surface area contributed by atoms with Gasteiger partial charge >= 0.3 is 0 Å². The number of hydrogen-bond acceptors (Lipinski definition) is 3. The van der Waals surface area contributed by atoms with Crippen LogP contribution in [0, 0.1) is 12.8 Å². The second-order valence-electron chi connectivity index (χ2n) is 5.44. The molecular weight excluding hydrogens is 364 g/mol. The van der Waals surface area contributed by atoms with Crippen LogP contribution in [0.5, 0.6) is 0 Å². The number of benzene rings is 1. The number of nitrogens with one attached hydrogen (secondary N) is 1. The molecule has 4 nitrogen and oxygen atoms in total. The van der Waals surface area contributed by atoms with Crippen LogP contribution in [0.3, 0.4) is 0 Å². The zero-order valence-electron chi connectivity index (χ0n) is 11.5. The van der Waals surface area contributed by atoms with Crippen LogP contribution in [0.1, 0.15) is 25.3 Å². The summed E-state index contributed by atoms with van der Waals surface area (Å²) in [5.41, 5.74) is 6.21. The van der Waals surface area contributed by atoms with E-state index in [0.717, 1.165) is 18.4 Å². The van der Waals surface area contributed by atoms with Gasteiger partial charge in [0.15, 0.2) is 0 Å². The molecule has 1 aromatic rings. The molecule has 3 N–H and O–H groups in total. The largest absolute Gasteiger partial charge is 0.329 e. The first-order valence-electron chi connectivity index (χ1n) is 6.29. The van der Waals surface area contributed by atoms with Gasteiger partial charge < -0.3 is 5.73 Å². The Hall–Kier alpha value is -0.140. The van der Waals surface area contributed by atoms with Crippen molar-refractivity contribution in [3.8, 4) is 0 Å². The molecule has 0 amide bonds. The maximum absolute atomic E-state index is 12.5. The van der Waals surface area contributed by atoms with Crippen molar-refractivity contribution in [1.29, 1.82) is 0 Å². The van der Waals surface area contributed by atoms with E-state index < -0.39 is 15.6 Å². The number of rotatable bonds is 5. The van der Waals surface area contributed by atoms with Crippen LogP contribution in [0.15, 0.2) is 27.6 Å². The number of hydrogen-bond donors (Lipinski definition) is 2. The molecule has 114 valence electrons. The summed E-state index contributed by atoms with van der Waals surface area (Å²) < 4.78 is 28.3. The zero-order chi connectivity index (χ0) is 14.3. The Morgan fingerprint density at radius 3 is 2.50 bits per heavy atom. The molecule has 0 radical (unpaired) electrons. The molecule has 0 aromatic heterocycles. The molecule has 2 rings (SSSR count).